The number of nitrogens with zero attached hydrogens (tertiary/aromatic N) is 1. The van der Waals surface area contributed by atoms with Crippen LogP contribution < -0.4 is 0 Å². The van der Waals surface area contributed by atoms with Crippen molar-refractivity contribution < 1.29 is 8.78 Å². The average molecular weight is 199 g/mol. The summed E-state index contributed by atoms with van der Waals surface area (Å²) >= 11 is 0. The molecule has 0 fully saturated rings. The number of hydrogen-bond donors (Lipinski definition) is 0. The van der Waals surface area contributed by atoms with Crippen molar-refractivity contribution in [2.75, 3.05) is 0 Å². The van der Waals surface area contributed by atoms with E-state index < -0.39 is 6.43 Å². The van der Waals surface area contributed by atoms with E-state index >= 15 is 0 Å². The molecule has 0 saturated heterocycles. The number of rotatable bonds is 4. The van der Waals surface area contributed by atoms with Gasteiger partial charge in [0.05, 0.1) is 0 Å². The Morgan fingerprint density at radius 3 is 2.71 bits per heavy atom. The molecule has 1 aromatic rings. The van der Waals surface area contributed by atoms with Crippen molar-refractivity contribution in [3.05, 3.63) is 29.1 Å². The monoisotopic (exact) mass is 199 g/mol. The number of pyridine rings is 1. The summed E-state index contributed by atoms with van der Waals surface area (Å²) in [4.78, 5) is 3.89. The summed E-state index contributed by atoms with van der Waals surface area (Å²) in [5.74, 6) is 0. The van der Waals surface area contributed by atoms with Gasteiger partial charge in [0.2, 0.25) is 0 Å². The third-order valence-corrected chi connectivity index (χ3v) is 2.30. The summed E-state index contributed by atoms with van der Waals surface area (Å²) in [5.41, 5.74) is 1.32. The van der Waals surface area contributed by atoms with Crippen LogP contribution in [0.5, 0.6) is 0 Å². The summed E-state index contributed by atoms with van der Waals surface area (Å²) in [6.45, 7) is 3.69. The summed E-state index contributed by atoms with van der Waals surface area (Å²) < 4.78 is 25.4. The molecule has 0 saturated carbocycles. The second kappa shape index (κ2) is 5.03. The zero-order valence-electron chi connectivity index (χ0n) is 8.56. The van der Waals surface area contributed by atoms with Gasteiger partial charge in [0.25, 0.3) is 6.43 Å². The maximum absolute atomic E-state index is 12.7. The molecule has 0 aromatic carbocycles. The highest BCUT2D eigenvalue weighted by molar-refractivity contribution is 5.30. The molecule has 0 aliphatic heterocycles. The van der Waals surface area contributed by atoms with Crippen LogP contribution in [0.3, 0.4) is 0 Å². The van der Waals surface area contributed by atoms with E-state index in [0.717, 1.165) is 24.8 Å². The van der Waals surface area contributed by atoms with Crippen LogP contribution in [0.2, 0.25) is 0 Å². The number of halogens is 2. The minimum atomic E-state index is -2.41. The van der Waals surface area contributed by atoms with Gasteiger partial charge in [0, 0.05) is 17.5 Å². The van der Waals surface area contributed by atoms with Gasteiger partial charge in [-0.25, -0.2) is 8.78 Å². The molecule has 3 heteroatoms. The third kappa shape index (κ3) is 2.50. The fourth-order valence-electron chi connectivity index (χ4n) is 1.51. The molecule has 0 unspecified atom stereocenters. The summed E-state index contributed by atoms with van der Waals surface area (Å²) in [6, 6.07) is 1.70. The van der Waals surface area contributed by atoms with Gasteiger partial charge in [0.15, 0.2) is 0 Å². The summed E-state index contributed by atoms with van der Waals surface area (Å²) in [6.07, 6.45) is 1.88. The van der Waals surface area contributed by atoms with E-state index in [1.165, 1.54) is 0 Å². The summed E-state index contributed by atoms with van der Waals surface area (Å²) in [5, 5.41) is 0. The van der Waals surface area contributed by atoms with Gasteiger partial charge in [-0.1, -0.05) is 13.3 Å². The van der Waals surface area contributed by atoms with Gasteiger partial charge in [-0.2, -0.15) is 0 Å². The minimum Gasteiger partial charge on any atom is -0.261 e. The fraction of sp³-hybridized carbons (Fsp3) is 0.545. The third-order valence-electron chi connectivity index (χ3n) is 2.30. The molecular weight excluding hydrogens is 184 g/mol. The van der Waals surface area contributed by atoms with Crippen LogP contribution in [0.1, 0.15) is 43.0 Å². The zero-order chi connectivity index (χ0) is 10.6. The molecule has 0 spiro atoms. The summed E-state index contributed by atoms with van der Waals surface area (Å²) in [7, 11) is 0. The van der Waals surface area contributed by atoms with E-state index in [9.17, 15) is 8.78 Å². The Morgan fingerprint density at radius 2 is 2.14 bits per heavy atom. The van der Waals surface area contributed by atoms with Gasteiger partial charge >= 0.3 is 0 Å². The molecule has 14 heavy (non-hydrogen) atoms. The lowest BCUT2D eigenvalue weighted by atomic mass is 10.0. The number of alkyl halides is 2. The van der Waals surface area contributed by atoms with Crippen molar-refractivity contribution in [1.29, 1.82) is 0 Å². The quantitative estimate of drug-likeness (QED) is 0.721. The van der Waals surface area contributed by atoms with E-state index in [2.05, 4.69) is 11.9 Å². The van der Waals surface area contributed by atoms with Crippen molar-refractivity contribution in [1.82, 2.24) is 4.98 Å². The Bertz CT molecular complexity index is 297. The predicted octanol–water partition coefficient (Wildman–Crippen LogP) is 3.67. The van der Waals surface area contributed by atoms with Gasteiger partial charge in [-0.05, 0) is 31.4 Å². The minimum absolute atomic E-state index is 0.126. The Hall–Kier alpha value is -0.990. The molecule has 0 amide bonds. The SMILES string of the molecule is CCCCc1ccnc(C)c1C(F)F. The predicted molar refractivity (Wildman–Crippen MR) is 52.5 cm³/mol. The van der Waals surface area contributed by atoms with Crippen LogP contribution in [0.15, 0.2) is 12.3 Å². The molecule has 0 N–H and O–H groups in total. The Kier molecular flexibility index (Phi) is 3.98. The van der Waals surface area contributed by atoms with Crippen LogP contribution in [-0.2, 0) is 6.42 Å². The molecular formula is C11H15F2N. The first-order chi connectivity index (χ1) is 6.66. The first kappa shape index (κ1) is 11.1. The molecule has 1 heterocycles. The molecule has 1 aromatic heterocycles. The molecule has 78 valence electrons. The lowest BCUT2D eigenvalue weighted by Crippen LogP contribution is -2.00. The Morgan fingerprint density at radius 1 is 1.43 bits per heavy atom. The molecule has 0 atom stereocenters. The van der Waals surface area contributed by atoms with Crippen molar-refractivity contribution in [2.45, 2.75) is 39.5 Å². The molecule has 0 radical (unpaired) electrons. The first-order valence-corrected chi connectivity index (χ1v) is 4.89. The van der Waals surface area contributed by atoms with Gasteiger partial charge in [0.1, 0.15) is 0 Å². The molecule has 0 aliphatic carbocycles. The highest BCUT2D eigenvalue weighted by atomic mass is 19.3. The smallest absolute Gasteiger partial charge is 0.261 e. The van der Waals surface area contributed by atoms with Crippen molar-refractivity contribution in [3.63, 3.8) is 0 Å². The van der Waals surface area contributed by atoms with Crippen LogP contribution in [-0.4, -0.2) is 4.98 Å². The molecule has 1 nitrogen and oxygen atoms in total. The van der Waals surface area contributed by atoms with Crippen molar-refractivity contribution in [2.24, 2.45) is 0 Å². The van der Waals surface area contributed by atoms with E-state index in [1.807, 2.05) is 0 Å². The maximum Gasteiger partial charge on any atom is 0.265 e. The zero-order valence-corrected chi connectivity index (χ0v) is 8.56. The van der Waals surface area contributed by atoms with Gasteiger partial charge < -0.3 is 0 Å². The molecule has 0 bridgehead atoms. The van der Waals surface area contributed by atoms with Gasteiger partial charge in [-0.3, -0.25) is 4.98 Å². The van der Waals surface area contributed by atoms with Gasteiger partial charge in [-0.15, -0.1) is 0 Å². The second-order valence-electron chi connectivity index (χ2n) is 3.37. The van der Waals surface area contributed by atoms with Crippen LogP contribution in [0, 0.1) is 6.92 Å². The molecule has 0 aliphatic rings. The highest BCUT2D eigenvalue weighted by Gasteiger charge is 2.15. The standard InChI is InChI=1S/C11H15F2N/c1-3-4-5-9-6-7-14-8(2)10(9)11(12)13/h6-7,11H,3-5H2,1-2H3. The van der Waals surface area contributed by atoms with Crippen molar-refractivity contribution in [3.8, 4) is 0 Å². The van der Waals surface area contributed by atoms with Crippen LogP contribution in [0.25, 0.3) is 0 Å². The number of unbranched alkanes of at least 4 members (excludes halogenated alkanes) is 1. The lowest BCUT2D eigenvalue weighted by molar-refractivity contribution is 0.149. The first-order valence-electron chi connectivity index (χ1n) is 4.89. The second-order valence-corrected chi connectivity index (χ2v) is 3.37. The Labute approximate surface area is 83.2 Å². The number of aromatic nitrogens is 1. The van der Waals surface area contributed by atoms with Crippen molar-refractivity contribution >= 4 is 0 Å². The largest absolute Gasteiger partial charge is 0.265 e. The van der Waals surface area contributed by atoms with E-state index in [0.29, 0.717) is 5.69 Å². The fourth-order valence-corrected chi connectivity index (χ4v) is 1.51. The van der Waals surface area contributed by atoms with Crippen LogP contribution in [0.4, 0.5) is 8.78 Å². The highest BCUT2D eigenvalue weighted by Crippen LogP contribution is 2.26. The maximum atomic E-state index is 12.7. The average Bonchev–Trinajstić information content (AvgIpc) is 2.14. The topological polar surface area (TPSA) is 12.9 Å². The normalized spacial score (nSPS) is 10.9. The number of aryl methyl sites for hydroxylation is 2. The van der Waals surface area contributed by atoms with E-state index in [-0.39, 0.29) is 5.56 Å². The molecule has 1 rings (SSSR count). The number of hydrogen-bond acceptors (Lipinski definition) is 1. The Balaban J connectivity index is 2.96. The van der Waals surface area contributed by atoms with E-state index in [1.54, 1.807) is 19.2 Å². The van der Waals surface area contributed by atoms with E-state index in [4.69, 9.17) is 0 Å². The lowest BCUT2D eigenvalue weighted by Gasteiger charge is -2.10. The van der Waals surface area contributed by atoms with Crippen LogP contribution >= 0.6 is 0 Å².